The molecule has 0 saturated heterocycles. The van der Waals surface area contributed by atoms with Crippen LogP contribution in [0, 0.1) is 24.0 Å². The van der Waals surface area contributed by atoms with Crippen LogP contribution >= 0.6 is 0 Å². The van der Waals surface area contributed by atoms with Crippen LogP contribution in [0.25, 0.3) is 6.08 Å². The minimum absolute atomic E-state index is 0.215. The number of aromatic amines is 1. The monoisotopic (exact) mass is 357 g/mol. The Bertz CT molecular complexity index is 911. The van der Waals surface area contributed by atoms with Gasteiger partial charge in [-0.3, -0.25) is 14.9 Å². The first kappa shape index (κ1) is 18.9. The lowest BCUT2D eigenvalue weighted by molar-refractivity contribution is -0.398. The zero-order valence-electron chi connectivity index (χ0n) is 14.5. The number of carbonyl (C=O) groups is 2. The zero-order valence-corrected chi connectivity index (χ0v) is 14.5. The zero-order chi connectivity index (χ0) is 19.4. The van der Waals surface area contributed by atoms with Gasteiger partial charge >= 0.3 is 5.97 Å². The predicted octanol–water partition coefficient (Wildman–Crippen LogP) is 2.69. The van der Waals surface area contributed by atoms with E-state index in [1.165, 1.54) is 18.2 Å². The number of ether oxygens (including phenoxy) is 1. The van der Waals surface area contributed by atoms with Crippen molar-refractivity contribution in [2.75, 3.05) is 6.61 Å². The molecule has 2 rings (SSSR count). The molecule has 0 amide bonds. The number of esters is 1. The number of allylic oxidation sites excluding steroid dienone is 1. The number of benzene rings is 1. The van der Waals surface area contributed by atoms with Crippen molar-refractivity contribution in [3.63, 3.8) is 0 Å². The second-order valence-corrected chi connectivity index (χ2v) is 5.53. The van der Waals surface area contributed by atoms with E-state index in [2.05, 4.69) is 4.98 Å². The number of rotatable bonds is 6. The van der Waals surface area contributed by atoms with Gasteiger partial charge in [-0.1, -0.05) is 18.2 Å². The van der Waals surface area contributed by atoms with Gasteiger partial charge in [-0.05, 0) is 43.7 Å². The van der Waals surface area contributed by atoms with Gasteiger partial charge in [-0.2, -0.15) is 0 Å². The van der Waals surface area contributed by atoms with E-state index in [0.29, 0.717) is 22.4 Å². The Morgan fingerprint density at radius 3 is 2.62 bits per heavy atom. The number of carbonyl (C=O) groups excluding carboxylic acids is 2. The van der Waals surface area contributed by atoms with Crippen molar-refractivity contribution in [3.8, 4) is 5.75 Å². The van der Waals surface area contributed by atoms with Crippen LogP contribution in [0.4, 0.5) is 5.69 Å². The van der Waals surface area contributed by atoms with Crippen molar-refractivity contribution in [1.82, 2.24) is 4.98 Å². The highest BCUT2D eigenvalue weighted by atomic mass is 16.6. The van der Waals surface area contributed by atoms with Gasteiger partial charge in [0.15, 0.2) is 5.78 Å². The Morgan fingerprint density at radius 1 is 1.31 bits per heavy atom. The Labute approximate surface area is 149 Å². The van der Waals surface area contributed by atoms with Gasteiger partial charge in [0.05, 0.1) is 11.5 Å². The van der Waals surface area contributed by atoms with Crippen molar-refractivity contribution in [3.05, 3.63) is 62.5 Å². The molecule has 0 aliphatic carbocycles. The summed E-state index contributed by atoms with van der Waals surface area (Å²) < 4.78 is 4.94. The predicted molar refractivity (Wildman–Crippen MR) is 92.1 cm³/mol. The molecule has 0 aliphatic heterocycles. The molecule has 8 nitrogen and oxygen atoms in total. The third-order valence-corrected chi connectivity index (χ3v) is 3.77. The van der Waals surface area contributed by atoms with Crippen molar-refractivity contribution in [1.29, 1.82) is 0 Å². The molecule has 1 heterocycles. The average Bonchev–Trinajstić information content (AvgIpc) is 2.88. The molecular formula is C18H17N2O6-. The summed E-state index contributed by atoms with van der Waals surface area (Å²) in [5.41, 5.74) is 1.32. The first-order valence-electron chi connectivity index (χ1n) is 7.80. The highest BCUT2D eigenvalue weighted by Crippen LogP contribution is 2.25. The molecule has 0 fully saturated rings. The Morgan fingerprint density at radius 2 is 2.00 bits per heavy atom. The molecule has 0 aliphatic rings. The van der Waals surface area contributed by atoms with E-state index in [4.69, 9.17) is 4.74 Å². The number of nitrogens with zero attached hydrogens (tertiary/aromatic N) is 1. The highest BCUT2D eigenvalue weighted by molar-refractivity contribution is 6.10. The van der Waals surface area contributed by atoms with Gasteiger partial charge in [0.1, 0.15) is 5.69 Å². The quantitative estimate of drug-likeness (QED) is 0.278. The average molecular weight is 357 g/mol. The van der Waals surface area contributed by atoms with Crippen LogP contribution in [0.2, 0.25) is 0 Å². The van der Waals surface area contributed by atoms with Crippen molar-refractivity contribution in [2.45, 2.75) is 20.8 Å². The molecule has 0 atom stereocenters. The summed E-state index contributed by atoms with van der Waals surface area (Å²) >= 11 is 0. The van der Waals surface area contributed by atoms with Gasteiger partial charge in [0, 0.05) is 17.3 Å². The van der Waals surface area contributed by atoms with Crippen LogP contribution in [-0.4, -0.2) is 28.3 Å². The minimum Gasteiger partial charge on any atom is -0.868 e. The maximum atomic E-state index is 12.5. The molecule has 26 heavy (non-hydrogen) atoms. The first-order chi connectivity index (χ1) is 12.3. The molecule has 136 valence electrons. The Hall–Kier alpha value is -3.42. The third-order valence-electron chi connectivity index (χ3n) is 3.77. The molecule has 1 aromatic heterocycles. The lowest BCUT2D eigenvalue weighted by Gasteiger charge is -2.06. The Kier molecular flexibility index (Phi) is 5.56. The SMILES string of the molecule is CCOC(=O)c1[nH]c(C)c(C(=O)/C=C/c2ccc([O-])c([N+](=O)[O-])c2)c1C. The molecular weight excluding hydrogens is 340 g/mol. The van der Waals surface area contributed by atoms with E-state index in [1.54, 1.807) is 20.8 Å². The largest absolute Gasteiger partial charge is 0.868 e. The molecule has 0 radical (unpaired) electrons. The van der Waals surface area contributed by atoms with Gasteiger partial charge in [0.25, 0.3) is 5.69 Å². The fourth-order valence-electron chi connectivity index (χ4n) is 2.56. The van der Waals surface area contributed by atoms with E-state index in [-0.39, 0.29) is 18.1 Å². The Balaban J connectivity index is 2.31. The maximum absolute atomic E-state index is 12.5. The number of hydrogen-bond donors (Lipinski definition) is 1. The van der Waals surface area contributed by atoms with Crippen molar-refractivity contribution >= 4 is 23.5 Å². The molecule has 0 unspecified atom stereocenters. The first-order valence-corrected chi connectivity index (χ1v) is 7.80. The summed E-state index contributed by atoms with van der Waals surface area (Å²) in [6.45, 7) is 5.19. The summed E-state index contributed by atoms with van der Waals surface area (Å²) in [4.78, 5) is 37.3. The van der Waals surface area contributed by atoms with Crippen LogP contribution in [-0.2, 0) is 4.74 Å². The van der Waals surface area contributed by atoms with E-state index < -0.39 is 22.3 Å². The van der Waals surface area contributed by atoms with E-state index in [1.807, 2.05) is 0 Å². The fraction of sp³-hybridized carbons (Fsp3) is 0.222. The molecule has 1 N–H and O–H groups in total. The molecule has 0 bridgehead atoms. The summed E-state index contributed by atoms with van der Waals surface area (Å²) in [6, 6.07) is 3.57. The maximum Gasteiger partial charge on any atom is 0.355 e. The topological polar surface area (TPSA) is 125 Å². The van der Waals surface area contributed by atoms with E-state index in [9.17, 15) is 24.8 Å². The van der Waals surface area contributed by atoms with Crippen LogP contribution in [0.3, 0.4) is 0 Å². The number of nitro groups is 1. The molecule has 8 heteroatoms. The number of ketones is 1. The van der Waals surface area contributed by atoms with Crippen molar-refractivity contribution < 1.29 is 24.4 Å². The van der Waals surface area contributed by atoms with Gasteiger partial charge in [-0.25, -0.2) is 4.79 Å². The van der Waals surface area contributed by atoms with Crippen LogP contribution in [0.1, 0.15) is 44.6 Å². The van der Waals surface area contributed by atoms with E-state index in [0.717, 1.165) is 12.1 Å². The van der Waals surface area contributed by atoms with Gasteiger partial charge in [0.2, 0.25) is 0 Å². The standard InChI is InChI=1S/C18H18N2O6/c1-4-26-18(23)17-10(2)16(11(3)19-17)15(22)8-6-12-5-7-14(21)13(9-12)20(24)25/h5-9,19,21H,4H2,1-3H3/p-1/b8-6+. The number of nitro benzene ring substituents is 1. The number of aromatic nitrogens is 1. The molecule has 0 saturated carbocycles. The number of hydrogen-bond acceptors (Lipinski definition) is 6. The van der Waals surface area contributed by atoms with Crippen LogP contribution in [0.5, 0.6) is 5.75 Å². The smallest absolute Gasteiger partial charge is 0.355 e. The van der Waals surface area contributed by atoms with Gasteiger partial charge < -0.3 is 14.8 Å². The minimum atomic E-state index is -0.770. The normalized spacial score (nSPS) is 10.9. The third kappa shape index (κ3) is 3.80. The van der Waals surface area contributed by atoms with Crippen LogP contribution in [0.15, 0.2) is 24.3 Å². The second-order valence-electron chi connectivity index (χ2n) is 5.53. The molecule has 0 spiro atoms. The molecule has 2 aromatic rings. The van der Waals surface area contributed by atoms with E-state index >= 15 is 0 Å². The number of nitrogens with one attached hydrogen (secondary N) is 1. The second kappa shape index (κ2) is 7.64. The summed E-state index contributed by atoms with van der Waals surface area (Å²) in [5.74, 6) is -1.62. The number of aryl methyl sites for hydroxylation is 1. The lowest BCUT2D eigenvalue weighted by atomic mass is 10.0. The highest BCUT2D eigenvalue weighted by Gasteiger charge is 2.21. The van der Waals surface area contributed by atoms with Gasteiger partial charge in [-0.15, -0.1) is 0 Å². The number of H-pyrrole nitrogens is 1. The molecule has 1 aromatic carbocycles. The van der Waals surface area contributed by atoms with Crippen LogP contribution < -0.4 is 5.11 Å². The fourth-order valence-corrected chi connectivity index (χ4v) is 2.56. The lowest BCUT2D eigenvalue weighted by Crippen LogP contribution is -2.07. The summed E-state index contributed by atoms with van der Waals surface area (Å²) in [6.07, 6.45) is 2.62. The summed E-state index contributed by atoms with van der Waals surface area (Å²) in [5, 5.41) is 22.2. The van der Waals surface area contributed by atoms with Crippen molar-refractivity contribution in [2.24, 2.45) is 0 Å². The summed E-state index contributed by atoms with van der Waals surface area (Å²) in [7, 11) is 0.